The topological polar surface area (TPSA) is 41.6 Å². The lowest BCUT2D eigenvalue weighted by Crippen LogP contribution is -2.32. The summed E-state index contributed by atoms with van der Waals surface area (Å²) >= 11 is 0. The molecule has 0 bridgehead atoms. The zero-order chi connectivity index (χ0) is 8.97. The summed E-state index contributed by atoms with van der Waals surface area (Å²) in [5.74, 6) is 0.633. The van der Waals surface area contributed by atoms with Crippen LogP contribution in [0.25, 0.3) is 0 Å². The smallest absolute Gasteiger partial charge is 0.195 e. The van der Waals surface area contributed by atoms with Crippen LogP contribution in [-0.4, -0.2) is 23.9 Å². The lowest BCUT2D eigenvalue weighted by atomic mass is 10.3. The Morgan fingerprint density at radius 3 is 2.92 bits per heavy atom. The van der Waals surface area contributed by atoms with Crippen molar-refractivity contribution in [1.29, 1.82) is 0 Å². The molecule has 0 spiro atoms. The van der Waals surface area contributed by atoms with E-state index in [-0.39, 0.29) is 0 Å². The van der Waals surface area contributed by atoms with E-state index in [1.807, 2.05) is 37.0 Å². The zero-order valence-corrected chi connectivity index (χ0v) is 7.62. The van der Waals surface area contributed by atoms with E-state index in [1.54, 1.807) is 0 Å². The van der Waals surface area contributed by atoms with Gasteiger partial charge in [0, 0.05) is 12.2 Å². The summed E-state index contributed by atoms with van der Waals surface area (Å²) in [6, 6.07) is 0. The Hall–Kier alpha value is -1.25. The Labute approximate surface area is 73.3 Å². The fourth-order valence-electron chi connectivity index (χ4n) is 1.15. The van der Waals surface area contributed by atoms with E-state index in [1.165, 1.54) is 0 Å². The monoisotopic (exact) mass is 165 g/mol. The highest BCUT2D eigenvalue weighted by molar-refractivity contribution is 5.81. The second-order valence-electron chi connectivity index (χ2n) is 2.73. The van der Waals surface area contributed by atoms with E-state index in [2.05, 4.69) is 4.99 Å². The van der Waals surface area contributed by atoms with Crippen molar-refractivity contribution < 1.29 is 0 Å². The molecule has 0 fully saturated rings. The molecule has 3 heteroatoms. The van der Waals surface area contributed by atoms with Crippen molar-refractivity contribution in [3.8, 4) is 0 Å². The average Bonchev–Trinajstić information content (AvgIpc) is 2.47. The molecule has 1 aliphatic heterocycles. The molecule has 0 aromatic heterocycles. The molecular formula is C9H15N3. The van der Waals surface area contributed by atoms with E-state index in [4.69, 9.17) is 5.73 Å². The van der Waals surface area contributed by atoms with Gasteiger partial charge in [-0.25, -0.2) is 0 Å². The summed E-state index contributed by atoms with van der Waals surface area (Å²) in [6.07, 6.45) is 6.03. The number of rotatable bonds is 2. The molecule has 0 saturated heterocycles. The first-order chi connectivity index (χ1) is 5.75. The van der Waals surface area contributed by atoms with Crippen LogP contribution in [0.4, 0.5) is 0 Å². The fraction of sp³-hybridized carbons (Fsp3) is 0.444. The van der Waals surface area contributed by atoms with Gasteiger partial charge in [-0.1, -0.05) is 12.2 Å². The third kappa shape index (κ3) is 1.87. The van der Waals surface area contributed by atoms with Gasteiger partial charge in [0.2, 0.25) is 0 Å². The van der Waals surface area contributed by atoms with Crippen molar-refractivity contribution in [3.05, 3.63) is 23.9 Å². The Balaban J connectivity index is 2.64. The first-order valence-corrected chi connectivity index (χ1v) is 4.12. The third-order valence-electron chi connectivity index (χ3n) is 1.83. The van der Waals surface area contributed by atoms with Gasteiger partial charge in [0.25, 0.3) is 0 Å². The number of nitrogens with two attached hydrogens (primary N) is 1. The summed E-state index contributed by atoms with van der Waals surface area (Å²) in [5.41, 5.74) is 6.81. The minimum Gasteiger partial charge on any atom is -0.370 e. The molecule has 2 N–H and O–H groups in total. The number of hydrogen-bond acceptors (Lipinski definition) is 3. The Bertz CT molecular complexity index is 238. The van der Waals surface area contributed by atoms with Gasteiger partial charge in [-0.3, -0.25) is 4.99 Å². The van der Waals surface area contributed by atoms with Crippen molar-refractivity contribution in [3.63, 3.8) is 0 Å². The molecule has 12 heavy (non-hydrogen) atoms. The number of guanidine groups is 1. The molecular weight excluding hydrogens is 150 g/mol. The minimum atomic E-state index is 0.633. The standard InChI is InChI=1S/C9H15N3/c1-3-4-5-8(2)12-7-6-11-9(12)10/h3-5H,6-7H2,1-2H3,(H2,10,11)/b4-3-,8-5+. The number of aliphatic imine (C=N–C) groups is 1. The van der Waals surface area contributed by atoms with Crippen molar-refractivity contribution in [2.75, 3.05) is 13.1 Å². The van der Waals surface area contributed by atoms with E-state index < -0.39 is 0 Å². The van der Waals surface area contributed by atoms with Crippen molar-refractivity contribution in [2.45, 2.75) is 13.8 Å². The van der Waals surface area contributed by atoms with Crippen molar-refractivity contribution in [2.24, 2.45) is 10.7 Å². The summed E-state index contributed by atoms with van der Waals surface area (Å²) in [7, 11) is 0. The Morgan fingerprint density at radius 1 is 1.67 bits per heavy atom. The van der Waals surface area contributed by atoms with Gasteiger partial charge < -0.3 is 10.6 Å². The van der Waals surface area contributed by atoms with Gasteiger partial charge >= 0.3 is 0 Å². The Morgan fingerprint density at radius 2 is 2.42 bits per heavy atom. The lowest BCUT2D eigenvalue weighted by Gasteiger charge is -2.17. The highest BCUT2D eigenvalue weighted by Gasteiger charge is 2.13. The summed E-state index contributed by atoms with van der Waals surface area (Å²) < 4.78 is 0. The van der Waals surface area contributed by atoms with Crippen molar-refractivity contribution in [1.82, 2.24) is 4.90 Å². The van der Waals surface area contributed by atoms with Gasteiger partial charge in [-0.15, -0.1) is 0 Å². The first kappa shape index (κ1) is 8.84. The summed E-state index contributed by atoms with van der Waals surface area (Å²) in [4.78, 5) is 6.12. The molecule has 0 amide bonds. The highest BCUT2D eigenvalue weighted by Crippen LogP contribution is 2.07. The largest absolute Gasteiger partial charge is 0.370 e. The Kier molecular flexibility index (Phi) is 2.91. The van der Waals surface area contributed by atoms with Crippen LogP contribution >= 0.6 is 0 Å². The first-order valence-electron chi connectivity index (χ1n) is 4.12. The maximum atomic E-state index is 5.66. The molecule has 3 nitrogen and oxygen atoms in total. The number of hydrogen-bond donors (Lipinski definition) is 1. The van der Waals surface area contributed by atoms with Crippen LogP contribution in [-0.2, 0) is 0 Å². The molecule has 0 aliphatic carbocycles. The van der Waals surface area contributed by atoms with E-state index >= 15 is 0 Å². The summed E-state index contributed by atoms with van der Waals surface area (Å²) in [6.45, 7) is 5.75. The molecule has 0 saturated carbocycles. The normalized spacial score (nSPS) is 19.0. The predicted octanol–water partition coefficient (Wildman–Crippen LogP) is 1.10. The number of allylic oxidation sites excluding steroid dienone is 4. The van der Waals surface area contributed by atoms with Gasteiger partial charge in [0.15, 0.2) is 5.96 Å². The SMILES string of the molecule is C/C=C\C=C(/C)N1CCN=C1N. The quantitative estimate of drug-likeness (QED) is 0.622. The van der Waals surface area contributed by atoms with Crippen LogP contribution in [0.3, 0.4) is 0 Å². The lowest BCUT2D eigenvalue weighted by molar-refractivity contribution is 0.557. The van der Waals surface area contributed by atoms with Crippen LogP contribution in [0.15, 0.2) is 28.9 Å². The molecule has 0 unspecified atom stereocenters. The molecule has 66 valence electrons. The van der Waals surface area contributed by atoms with Crippen LogP contribution in [0.1, 0.15) is 13.8 Å². The van der Waals surface area contributed by atoms with Crippen LogP contribution in [0.2, 0.25) is 0 Å². The minimum absolute atomic E-state index is 0.633. The van der Waals surface area contributed by atoms with Crippen LogP contribution in [0.5, 0.6) is 0 Å². The molecule has 0 aromatic carbocycles. The van der Waals surface area contributed by atoms with E-state index in [0.717, 1.165) is 18.8 Å². The van der Waals surface area contributed by atoms with Crippen molar-refractivity contribution >= 4 is 5.96 Å². The van der Waals surface area contributed by atoms with Gasteiger partial charge in [0.1, 0.15) is 0 Å². The maximum absolute atomic E-state index is 5.66. The highest BCUT2D eigenvalue weighted by atomic mass is 15.3. The summed E-state index contributed by atoms with van der Waals surface area (Å²) in [5, 5.41) is 0. The molecule has 0 radical (unpaired) electrons. The van der Waals surface area contributed by atoms with E-state index in [9.17, 15) is 0 Å². The van der Waals surface area contributed by atoms with E-state index in [0.29, 0.717) is 5.96 Å². The zero-order valence-electron chi connectivity index (χ0n) is 7.62. The molecule has 0 atom stereocenters. The fourth-order valence-corrected chi connectivity index (χ4v) is 1.15. The average molecular weight is 165 g/mol. The van der Waals surface area contributed by atoms with Gasteiger partial charge in [-0.2, -0.15) is 0 Å². The second kappa shape index (κ2) is 3.95. The predicted molar refractivity (Wildman–Crippen MR) is 51.8 cm³/mol. The van der Waals surface area contributed by atoms with Crippen LogP contribution in [0, 0.1) is 0 Å². The molecule has 0 aromatic rings. The van der Waals surface area contributed by atoms with Crippen LogP contribution < -0.4 is 5.73 Å². The second-order valence-corrected chi connectivity index (χ2v) is 2.73. The third-order valence-corrected chi connectivity index (χ3v) is 1.83. The molecule has 1 rings (SSSR count). The molecule has 1 aliphatic rings. The van der Waals surface area contributed by atoms with Gasteiger partial charge in [0.05, 0.1) is 6.54 Å². The molecule has 1 heterocycles. The maximum Gasteiger partial charge on any atom is 0.195 e. The number of nitrogens with zero attached hydrogens (tertiary/aromatic N) is 2. The van der Waals surface area contributed by atoms with Gasteiger partial charge in [-0.05, 0) is 19.9 Å².